The van der Waals surface area contributed by atoms with E-state index in [1.165, 1.54) is 18.2 Å². The Morgan fingerprint density at radius 1 is 1.26 bits per heavy atom. The van der Waals surface area contributed by atoms with Crippen molar-refractivity contribution in [3.05, 3.63) is 51.3 Å². The summed E-state index contributed by atoms with van der Waals surface area (Å²) in [4.78, 5) is 24.5. The summed E-state index contributed by atoms with van der Waals surface area (Å²) in [6.45, 7) is 3.64. The second kappa shape index (κ2) is 4.56. The van der Waals surface area contributed by atoms with Gasteiger partial charge in [0.1, 0.15) is 0 Å². The minimum absolute atomic E-state index is 0.0488. The van der Waals surface area contributed by atoms with Gasteiger partial charge in [-0.3, -0.25) is 10.1 Å². The van der Waals surface area contributed by atoms with Crippen molar-refractivity contribution >= 4 is 11.7 Å². The van der Waals surface area contributed by atoms with Crippen LogP contribution in [0.15, 0.2) is 24.3 Å². The third-order valence-electron chi connectivity index (χ3n) is 2.88. The van der Waals surface area contributed by atoms with Crippen LogP contribution in [-0.4, -0.2) is 21.0 Å². The van der Waals surface area contributed by atoms with Gasteiger partial charge in [0.05, 0.1) is 10.5 Å². The van der Waals surface area contributed by atoms with Crippen LogP contribution in [0.3, 0.4) is 0 Å². The second-order valence-electron chi connectivity index (χ2n) is 4.28. The lowest BCUT2D eigenvalue weighted by Crippen LogP contribution is -2.01. The first kappa shape index (κ1) is 12.8. The van der Waals surface area contributed by atoms with E-state index < -0.39 is 10.9 Å². The molecule has 0 saturated heterocycles. The monoisotopic (exact) mass is 260 g/mol. The Morgan fingerprint density at radius 3 is 2.42 bits per heavy atom. The van der Waals surface area contributed by atoms with Crippen LogP contribution in [-0.2, 0) is 0 Å². The van der Waals surface area contributed by atoms with Gasteiger partial charge in [-0.25, -0.2) is 4.79 Å². The molecule has 0 fully saturated rings. The number of nitro benzene ring substituents is 1. The van der Waals surface area contributed by atoms with Gasteiger partial charge < -0.3 is 10.1 Å². The van der Waals surface area contributed by atoms with Gasteiger partial charge in [-0.1, -0.05) is 0 Å². The smallest absolute Gasteiger partial charge is 0.336 e. The van der Waals surface area contributed by atoms with Crippen molar-refractivity contribution in [3.8, 4) is 11.1 Å². The van der Waals surface area contributed by atoms with Crippen molar-refractivity contribution in [1.29, 1.82) is 0 Å². The zero-order valence-corrected chi connectivity index (χ0v) is 10.4. The fourth-order valence-electron chi connectivity index (χ4n) is 2.06. The number of carbonyl (C=O) groups is 1. The lowest BCUT2D eigenvalue weighted by atomic mass is 9.99. The number of aromatic nitrogens is 1. The first-order valence-corrected chi connectivity index (χ1v) is 5.58. The number of hydrogen-bond donors (Lipinski definition) is 2. The molecule has 1 aromatic heterocycles. The van der Waals surface area contributed by atoms with E-state index in [1.54, 1.807) is 13.0 Å². The molecule has 6 nitrogen and oxygen atoms in total. The Morgan fingerprint density at radius 2 is 1.95 bits per heavy atom. The standard InChI is InChI=1S/C13H12N2O4/c1-7-5-11(8(2)14-7)12-6-9(15(18)19)3-4-10(12)13(16)17/h3-6,14H,1-2H3,(H,16,17). The summed E-state index contributed by atoms with van der Waals surface area (Å²) >= 11 is 0. The minimum atomic E-state index is -1.11. The Labute approximate surface area is 108 Å². The number of rotatable bonds is 3. The van der Waals surface area contributed by atoms with E-state index in [2.05, 4.69) is 4.98 Å². The number of aryl methyl sites for hydroxylation is 2. The van der Waals surface area contributed by atoms with Gasteiger partial charge in [-0.05, 0) is 26.0 Å². The van der Waals surface area contributed by atoms with Crippen LogP contribution in [0.1, 0.15) is 21.7 Å². The van der Waals surface area contributed by atoms with E-state index in [-0.39, 0.29) is 11.3 Å². The molecule has 0 aliphatic heterocycles. The fourth-order valence-corrected chi connectivity index (χ4v) is 2.06. The Bertz CT molecular complexity index is 673. The molecule has 0 spiro atoms. The number of nitrogens with zero attached hydrogens (tertiary/aromatic N) is 1. The van der Waals surface area contributed by atoms with Gasteiger partial charge >= 0.3 is 5.97 Å². The van der Waals surface area contributed by atoms with E-state index in [0.717, 1.165) is 11.4 Å². The highest BCUT2D eigenvalue weighted by molar-refractivity contribution is 5.97. The number of nitro groups is 1. The largest absolute Gasteiger partial charge is 0.478 e. The molecule has 6 heteroatoms. The van der Waals surface area contributed by atoms with Crippen molar-refractivity contribution in [2.24, 2.45) is 0 Å². The molecule has 2 aromatic rings. The Hall–Kier alpha value is -2.63. The summed E-state index contributed by atoms with van der Waals surface area (Å²) in [5, 5.41) is 20.0. The molecule has 0 aliphatic rings. The minimum Gasteiger partial charge on any atom is -0.478 e. The second-order valence-corrected chi connectivity index (χ2v) is 4.28. The van der Waals surface area contributed by atoms with E-state index in [4.69, 9.17) is 0 Å². The molecular weight excluding hydrogens is 248 g/mol. The lowest BCUT2D eigenvalue weighted by Gasteiger charge is -2.05. The van der Waals surface area contributed by atoms with E-state index in [9.17, 15) is 20.0 Å². The zero-order chi connectivity index (χ0) is 14.2. The summed E-state index contributed by atoms with van der Waals surface area (Å²) in [7, 11) is 0. The van der Waals surface area contributed by atoms with Crippen LogP contribution in [0.2, 0.25) is 0 Å². The van der Waals surface area contributed by atoms with Gasteiger partial charge in [-0.15, -0.1) is 0 Å². The molecule has 0 aliphatic carbocycles. The van der Waals surface area contributed by atoms with Crippen LogP contribution < -0.4 is 0 Å². The number of benzene rings is 1. The molecule has 1 aromatic carbocycles. The van der Waals surface area contributed by atoms with E-state index in [1.807, 2.05) is 6.92 Å². The Balaban J connectivity index is 2.71. The van der Waals surface area contributed by atoms with Crippen molar-refractivity contribution in [3.63, 3.8) is 0 Å². The first-order chi connectivity index (χ1) is 8.90. The summed E-state index contributed by atoms with van der Waals surface area (Å²) in [6.07, 6.45) is 0. The number of aromatic carboxylic acids is 1. The van der Waals surface area contributed by atoms with Crippen LogP contribution >= 0.6 is 0 Å². The van der Waals surface area contributed by atoms with Gasteiger partial charge in [0, 0.05) is 34.6 Å². The highest BCUT2D eigenvalue weighted by Gasteiger charge is 2.18. The molecule has 0 bridgehead atoms. The Kier molecular flexibility index (Phi) is 3.08. The molecule has 0 unspecified atom stereocenters. The highest BCUT2D eigenvalue weighted by atomic mass is 16.6. The summed E-state index contributed by atoms with van der Waals surface area (Å²) < 4.78 is 0. The predicted molar refractivity (Wildman–Crippen MR) is 69.3 cm³/mol. The molecule has 0 atom stereocenters. The normalized spacial score (nSPS) is 10.4. The van der Waals surface area contributed by atoms with Gasteiger partial charge in [0.15, 0.2) is 0 Å². The average molecular weight is 260 g/mol. The SMILES string of the molecule is Cc1cc(-c2cc([N+](=O)[O-])ccc2C(=O)O)c(C)[nH]1. The molecule has 2 rings (SSSR count). The van der Waals surface area contributed by atoms with Crippen molar-refractivity contribution in [1.82, 2.24) is 4.98 Å². The summed E-state index contributed by atoms with van der Waals surface area (Å²) in [5.74, 6) is -1.11. The number of carboxylic acids is 1. The maximum Gasteiger partial charge on any atom is 0.336 e. The van der Waals surface area contributed by atoms with Crippen LogP contribution in [0, 0.1) is 24.0 Å². The number of non-ortho nitro benzene ring substituents is 1. The van der Waals surface area contributed by atoms with E-state index >= 15 is 0 Å². The molecular formula is C13H12N2O4. The van der Waals surface area contributed by atoms with Gasteiger partial charge in [0.25, 0.3) is 5.69 Å². The number of aromatic amines is 1. The van der Waals surface area contributed by atoms with E-state index in [0.29, 0.717) is 11.1 Å². The van der Waals surface area contributed by atoms with Crippen molar-refractivity contribution < 1.29 is 14.8 Å². The van der Waals surface area contributed by atoms with Crippen molar-refractivity contribution in [2.75, 3.05) is 0 Å². The molecule has 0 saturated carbocycles. The third kappa shape index (κ3) is 2.33. The summed E-state index contributed by atoms with van der Waals surface area (Å²) in [5.41, 5.74) is 2.59. The topological polar surface area (TPSA) is 96.2 Å². The third-order valence-corrected chi connectivity index (χ3v) is 2.88. The maximum absolute atomic E-state index is 11.2. The quantitative estimate of drug-likeness (QED) is 0.655. The molecule has 0 radical (unpaired) electrons. The van der Waals surface area contributed by atoms with Crippen molar-refractivity contribution in [2.45, 2.75) is 13.8 Å². The van der Waals surface area contributed by atoms with Crippen LogP contribution in [0.5, 0.6) is 0 Å². The summed E-state index contributed by atoms with van der Waals surface area (Å²) in [6, 6.07) is 5.53. The van der Waals surface area contributed by atoms with Crippen LogP contribution in [0.25, 0.3) is 11.1 Å². The van der Waals surface area contributed by atoms with Gasteiger partial charge in [-0.2, -0.15) is 0 Å². The lowest BCUT2D eigenvalue weighted by molar-refractivity contribution is -0.384. The number of hydrogen-bond acceptors (Lipinski definition) is 3. The molecule has 2 N–H and O–H groups in total. The molecule has 0 amide bonds. The maximum atomic E-state index is 11.2. The predicted octanol–water partition coefficient (Wildman–Crippen LogP) is 2.90. The number of carboxylic acid groups (broad SMARTS) is 1. The highest BCUT2D eigenvalue weighted by Crippen LogP contribution is 2.31. The average Bonchev–Trinajstić information content (AvgIpc) is 2.67. The zero-order valence-electron chi connectivity index (χ0n) is 10.4. The van der Waals surface area contributed by atoms with Crippen LogP contribution in [0.4, 0.5) is 5.69 Å². The number of H-pyrrole nitrogens is 1. The fraction of sp³-hybridized carbons (Fsp3) is 0.154. The molecule has 1 heterocycles. The molecule has 98 valence electrons. The first-order valence-electron chi connectivity index (χ1n) is 5.58. The molecule has 19 heavy (non-hydrogen) atoms. The van der Waals surface area contributed by atoms with Gasteiger partial charge in [0.2, 0.25) is 0 Å². The number of nitrogens with one attached hydrogen (secondary N) is 1.